The summed E-state index contributed by atoms with van der Waals surface area (Å²) in [5, 5.41) is 4.04. The van der Waals surface area contributed by atoms with Crippen molar-refractivity contribution in [3.8, 4) is 0 Å². The lowest BCUT2D eigenvalue weighted by molar-refractivity contribution is -0.142. The van der Waals surface area contributed by atoms with Crippen LogP contribution in [0.4, 0.5) is 18.9 Å². The van der Waals surface area contributed by atoms with Crippen LogP contribution in [0.15, 0.2) is 18.5 Å². The number of nitrogens with zero attached hydrogens (tertiary/aromatic N) is 4. The van der Waals surface area contributed by atoms with Gasteiger partial charge in [-0.25, -0.2) is 4.98 Å². The number of carbonyl (C=O) groups excluding carboxylic acids is 1. The van der Waals surface area contributed by atoms with Gasteiger partial charge in [0.15, 0.2) is 0 Å². The standard InChI is InChI=1S/C15H12ClF3N4O/c1-8-4-10(16)21-12-11(8)13(24)23(14(12)2-3-14)9-5-20-22(6-9)7-15(17,18)19/h4-6H,2-3,7H2,1H3. The van der Waals surface area contributed by atoms with Crippen molar-refractivity contribution in [1.82, 2.24) is 14.8 Å². The fourth-order valence-electron chi connectivity index (χ4n) is 3.33. The molecule has 1 aliphatic carbocycles. The van der Waals surface area contributed by atoms with Gasteiger partial charge >= 0.3 is 6.18 Å². The average Bonchev–Trinajstić information content (AvgIpc) is 3.04. The lowest BCUT2D eigenvalue weighted by Crippen LogP contribution is -2.33. The van der Waals surface area contributed by atoms with Crippen molar-refractivity contribution < 1.29 is 18.0 Å². The largest absolute Gasteiger partial charge is 0.408 e. The highest BCUT2D eigenvalue weighted by molar-refractivity contribution is 6.29. The minimum Gasteiger partial charge on any atom is -0.293 e. The lowest BCUT2D eigenvalue weighted by atomic mass is 10.1. The van der Waals surface area contributed by atoms with Gasteiger partial charge in [0.25, 0.3) is 5.91 Å². The molecule has 0 unspecified atom stereocenters. The fraction of sp³-hybridized carbons (Fsp3) is 0.400. The number of hydrogen-bond donors (Lipinski definition) is 0. The second kappa shape index (κ2) is 4.72. The summed E-state index contributed by atoms with van der Waals surface area (Å²) < 4.78 is 38.3. The topological polar surface area (TPSA) is 51.0 Å². The molecule has 9 heteroatoms. The zero-order chi connectivity index (χ0) is 17.3. The van der Waals surface area contributed by atoms with Gasteiger partial charge in [-0.15, -0.1) is 0 Å². The summed E-state index contributed by atoms with van der Waals surface area (Å²) in [6.07, 6.45) is -0.447. The van der Waals surface area contributed by atoms with Gasteiger partial charge in [0.1, 0.15) is 11.7 Å². The number of alkyl halides is 3. The lowest BCUT2D eigenvalue weighted by Gasteiger charge is -2.22. The molecule has 0 radical (unpaired) electrons. The Hall–Kier alpha value is -2.09. The van der Waals surface area contributed by atoms with Crippen molar-refractivity contribution in [2.45, 2.75) is 38.0 Å². The van der Waals surface area contributed by atoms with Crippen molar-refractivity contribution >= 4 is 23.2 Å². The second-order valence-corrected chi connectivity index (χ2v) is 6.56. The SMILES string of the molecule is Cc1cc(Cl)nc2c1C(=O)N(c1cnn(CC(F)(F)F)c1)C21CC1. The predicted molar refractivity (Wildman–Crippen MR) is 80.0 cm³/mol. The molecule has 0 atom stereocenters. The molecule has 0 N–H and O–H groups in total. The Labute approximate surface area is 140 Å². The molecular weight excluding hydrogens is 345 g/mol. The molecule has 2 aromatic rings. The maximum atomic E-state index is 12.9. The Balaban J connectivity index is 1.76. The van der Waals surface area contributed by atoms with Crippen LogP contribution in [0.1, 0.15) is 34.5 Å². The molecule has 0 aromatic carbocycles. The van der Waals surface area contributed by atoms with E-state index in [9.17, 15) is 18.0 Å². The van der Waals surface area contributed by atoms with Crippen molar-refractivity contribution in [3.63, 3.8) is 0 Å². The smallest absolute Gasteiger partial charge is 0.293 e. The molecule has 2 aromatic heterocycles. The number of rotatable bonds is 2. The Morgan fingerprint density at radius 1 is 1.38 bits per heavy atom. The van der Waals surface area contributed by atoms with E-state index in [0.717, 1.165) is 4.68 Å². The number of pyridine rings is 1. The molecule has 0 bridgehead atoms. The van der Waals surface area contributed by atoms with E-state index in [2.05, 4.69) is 10.1 Å². The van der Waals surface area contributed by atoms with Gasteiger partial charge < -0.3 is 0 Å². The first-order chi connectivity index (χ1) is 11.2. The molecule has 1 spiro atoms. The summed E-state index contributed by atoms with van der Waals surface area (Å²) in [6.45, 7) is 0.578. The van der Waals surface area contributed by atoms with Gasteiger partial charge in [0, 0.05) is 6.20 Å². The van der Waals surface area contributed by atoms with Gasteiger partial charge in [0.2, 0.25) is 0 Å². The van der Waals surface area contributed by atoms with E-state index in [1.807, 2.05) is 0 Å². The number of anilines is 1. The summed E-state index contributed by atoms with van der Waals surface area (Å²) in [5.74, 6) is -0.268. The Bertz CT molecular complexity index is 857. The van der Waals surface area contributed by atoms with Crippen LogP contribution >= 0.6 is 11.6 Å². The molecule has 1 aliphatic heterocycles. The number of amides is 1. The van der Waals surface area contributed by atoms with Crippen LogP contribution in [0.3, 0.4) is 0 Å². The average molecular weight is 357 g/mol. The highest BCUT2D eigenvalue weighted by Gasteiger charge is 2.60. The molecule has 5 nitrogen and oxygen atoms in total. The zero-order valence-electron chi connectivity index (χ0n) is 12.6. The van der Waals surface area contributed by atoms with Crippen LogP contribution in [0.2, 0.25) is 5.15 Å². The third-order valence-electron chi connectivity index (χ3n) is 4.41. The van der Waals surface area contributed by atoms with E-state index in [-0.39, 0.29) is 5.91 Å². The molecule has 1 amide bonds. The van der Waals surface area contributed by atoms with E-state index in [4.69, 9.17) is 11.6 Å². The molecule has 0 saturated heterocycles. The Morgan fingerprint density at radius 2 is 2.08 bits per heavy atom. The number of carbonyl (C=O) groups is 1. The molecule has 2 aliphatic rings. The van der Waals surface area contributed by atoms with Gasteiger partial charge in [-0.05, 0) is 31.4 Å². The van der Waals surface area contributed by atoms with Gasteiger partial charge in [-0.1, -0.05) is 11.6 Å². The van der Waals surface area contributed by atoms with Crippen LogP contribution in [0, 0.1) is 6.92 Å². The zero-order valence-corrected chi connectivity index (χ0v) is 13.3. The third-order valence-corrected chi connectivity index (χ3v) is 4.61. The van der Waals surface area contributed by atoms with Gasteiger partial charge in [0.05, 0.1) is 28.7 Å². The first kappa shape index (κ1) is 15.4. The molecule has 24 heavy (non-hydrogen) atoms. The molecule has 126 valence electrons. The number of aromatic nitrogens is 3. The Kier molecular flexibility index (Phi) is 3.04. The van der Waals surface area contributed by atoms with Gasteiger partial charge in [-0.3, -0.25) is 14.4 Å². The molecule has 4 rings (SSSR count). The number of halogens is 4. The van der Waals surface area contributed by atoms with E-state index < -0.39 is 18.3 Å². The van der Waals surface area contributed by atoms with E-state index in [1.165, 1.54) is 17.3 Å². The van der Waals surface area contributed by atoms with Crippen LogP contribution in [-0.4, -0.2) is 26.8 Å². The summed E-state index contributed by atoms with van der Waals surface area (Å²) >= 11 is 6.02. The van der Waals surface area contributed by atoms with Crippen LogP contribution < -0.4 is 4.90 Å². The molecule has 1 saturated carbocycles. The van der Waals surface area contributed by atoms with Crippen LogP contribution in [0.25, 0.3) is 0 Å². The summed E-state index contributed by atoms with van der Waals surface area (Å²) in [4.78, 5) is 18.7. The summed E-state index contributed by atoms with van der Waals surface area (Å²) in [5.41, 5.74) is 1.55. The summed E-state index contributed by atoms with van der Waals surface area (Å²) in [7, 11) is 0. The van der Waals surface area contributed by atoms with Crippen molar-refractivity contribution in [3.05, 3.63) is 40.4 Å². The maximum Gasteiger partial charge on any atom is 0.408 e. The maximum absolute atomic E-state index is 12.9. The van der Waals surface area contributed by atoms with E-state index in [0.29, 0.717) is 40.5 Å². The minimum atomic E-state index is -4.37. The van der Waals surface area contributed by atoms with Crippen LogP contribution in [-0.2, 0) is 12.1 Å². The first-order valence-electron chi connectivity index (χ1n) is 7.33. The molecule has 1 fully saturated rings. The predicted octanol–water partition coefficient (Wildman–Crippen LogP) is 3.45. The van der Waals surface area contributed by atoms with Crippen molar-refractivity contribution in [2.75, 3.05) is 4.90 Å². The fourth-order valence-corrected chi connectivity index (χ4v) is 3.58. The Morgan fingerprint density at radius 3 is 2.71 bits per heavy atom. The van der Waals surface area contributed by atoms with E-state index in [1.54, 1.807) is 13.0 Å². The van der Waals surface area contributed by atoms with E-state index >= 15 is 0 Å². The van der Waals surface area contributed by atoms with Crippen molar-refractivity contribution in [1.29, 1.82) is 0 Å². The van der Waals surface area contributed by atoms with Crippen molar-refractivity contribution in [2.24, 2.45) is 0 Å². The number of fused-ring (bicyclic) bond motifs is 2. The number of aryl methyl sites for hydroxylation is 1. The third kappa shape index (κ3) is 2.20. The molecular formula is C15H12ClF3N4O. The molecule has 3 heterocycles. The van der Waals surface area contributed by atoms with Crippen LogP contribution in [0.5, 0.6) is 0 Å². The normalized spacial score (nSPS) is 18.4. The highest BCUT2D eigenvalue weighted by Crippen LogP contribution is 2.57. The monoisotopic (exact) mass is 356 g/mol. The number of hydrogen-bond acceptors (Lipinski definition) is 3. The van der Waals surface area contributed by atoms with Gasteiger partial charge in [-0.2, -0.15) is 18.3 Å². The second-order valence-electron chi connectivity index (χ2n) is 6.17. The minimum absolute atomic E-state index is 0.268. The highest BCUT2D eigenvalue weighted by atomic mass is 35.5. The quantitative estimate of drug-likeness (QED) is 0.774. The summed E-state index contributed by atoms with van der Waals surface area (Å²) in [6, 6.07) is 1.62. The first-order valence-corrected chi connectivity index (χ1v) is 7.70.